The average Bonchev–Trinajstić information content (AvgIpc) is 1.65. The van der Waals surface area contributed by atoms with Crippen molar-refractivity contribution in [1.82, 2.24) is 0 Å². The van der Waals surface area contributed by atoms with E-state index in [1.54, 1.807) is 0 Å². The Kier molecular flexibility index (Phi) is 2.96. The van der Waals surface area contributed by atoms with Gasteiger partial charge in [-0.15, -0.1) is 0 Å². The molecular formula is C9H18. The number of hydrogen-bond donors (Lipinski definition) is 0. The van der Waals surface area contributed by atoms with Crippen molar-refractivity contribution in [2.24, 2.45) is 11.3 Å². The Morgan fingerprint density at radius 3 is 1.78 bits per heavy atom. The molecule has 9 heavy (non-hydrogen) atoms. The lowest BCUT2D eigenvalue weighted by molar-refractivity contribution is 0.333. The zero-order valence-corrected chi connectivity index (χ0v) is 7.23. The average molecular weight is 126 g/mol. The number of rotatable bonds is 2. The molecule has 0 aliphatic heterocycles. The summed E-state index contributed by atoms with van der Waals surface area (Å²) in [6.45, 7) is 11.1. The van der Waals surface area contributed by atoms with Gasteiger partial charge < -0.3 is 0 Å². The van der Waals surface area contributed by atoms with Crippen molar-refractivity contribution < 1.29 is 0 Å². The predicted octanol–water partition coefficient (Wildman–Crippen LogP) is 3.24. The van der Waals surface area contributed by atoms with Crippen LogP contribution in [0.3, 0.4) is 0 Å². The first kappa shape index (κ1) is 8.74. The number of allylic oxidation sites excluding steroid dienone is 2. The summed E-state index contributed by atoms with van der Waals surface area (Å²) >= 11 is 0. The van der Waals surface area contributed by atoms with Gasteiger partial charge in [-0.2, -0.15) is 0 Å². The van der Waals surface area contributed by atoms with Crippen LogP contribution in [0, 0.1) is 11.3 Å². The second-order valence-corrected chi connectivity index (χ2v) is 3.48. The smallest absolute Gasteiger partial charge is 0.0152 e. The highest BCUT2D eigenvalue weighted by Crippen LogP contribution is 2.26. The van der Waals surface area contributed by atoms with E-state index in [1.807, 2.05) is 0 Å². The molecule has 0 N–H and O–H groups in total. The maximum absolute atomic E-state index is 2.26. The largest absolute Gasteiger partial charge is 0.0911 e. The lowest BCUT2D eigenvalue weighted by atomic mass is 9.81. The summed E-state index contributed by atoms with van der Waals surface area (Å²) in [5.74, 6) is 0.730. The van der Waals surface area contributed by atoms with Crippen molar-refractivity contribution in [3.8, 4) is 0 Å². The van der Waals surface area contributed by atoms with E-state index in [0.717, 1.165) is 5.92 Å². The van der Waals surface area contributed by atoms with E-state index in [4.69, 9.17) is 0 Å². The Morgan fingerprint density at radius 2 is 1.67 bits per heavy atom. The topological polar surface area (TPSA) is 0 Å². The molecule has 0 heterocycles. The lowest BCUT2D eigenvalue weighted by Crippen LogP contribution is -2.15. The van der Waals surface area contributed by atoms with E-state index < -0.39 is 0 Å². The van der Waals surface area contributed by atoms with Crippen molar-refractivity contribution in [2.75, 3.05) is 0 Å². The first-order valence-electron chi connectivity index (χ1n) is 3.64. The van der Waals surface area contributed by atoms with Crippen LogP contribution in [0.4, 0.5) is 0 Å². The zero-order chi connectivity index (χ0) is 7.49. The van der Waals surface area contributed by atoms with Crippen LogP contribution in [-0.2, 0) is 0 Å². The first-order chi connectivity index (χ1) is 4.00. The normalized spacial score (nSPS) is 13.6. The van der Waals surface area contributed by atoms with E-state index in [0.29, 0.717) is 5.41 Å². The van der Waals surface area contributed by atoms with Crippen molar-refractivity contribution in [3.05, 3.63) is 12.2 Å². The van der Waals surface area contributed by atoms with Crippen LogP contribution in [0.2, 0.25) is 0 Å². The van der Waals surface area contributed by atoms with Gasteiger partial charge in [-0.25, -0.2) is 0 Å². The molecule has 0 unspecified atom stereocenters. The van der Waals surface area contributed by atoms with Gasteiger partial charge in [0.1, 0.15) is 0 Å². The van der Waals surface area contributed by atoms with Gasteiger partial charge in [0.15, 0.2) is 0 Å². The van der Waals surface area contributed by atoms with Crippen LogP contribution < -0.4 is 0 Å². The summed E-state index contributed by atoms with van der Waals surface area (Å²) in [4.78, 5) is 0. The Bertz CT molecular complexity index is 96.6. The van der Waals surface area contributed by atoms with Crippen LogP contribution in [-0.4, -0.2) is 0 Å². The van der Waals surface area contributed by atoms with Gasteiger partial charge in [0, 0.05) is 0 Å². The Morgan fingerprint density at radius 1 is 1.22 bits per heavy atom. The van der Waals surface area contributed by atoms with Crippen LogP contribution >= 0.6 is 0 Å². The van der Waals surface area contributed by atoms with E-state index in [9.17, 15) is 0 Å². The summed E-state index contributed by atoms with van der Waals surface area (Å²) in [6.07, 6.45) is 4.39. The highest BCUT2D eigenvalue weighted by atomic mass is 14.2. The number of hydrogen-bond acceptors (Lipinski definition) is 0. The molecule has 0 saturated heterocycles. The molecule has 0 heteroatoms. The summed E-state index contributed by atoms with van der Waals surface area (Å²) in [5.41, 5.74) is 0.370. The molecule has 0 radical (unpaired) electrons. The van der Waals surface area contributed by atoms with Crippen LogP contribution in [0.25, 0.3) is 0 Å². The first-order valence-corrected chi connectivity index (χ1v) is 3.64. The fraction of sp³-hybridized carbons (Fsp3) is 0.778. The molecule has 0 amide bonds. The van der Waals surface area contributed by atoms with E-state index >= 15 is 0 Å². The highest BCUT2D eigenvalue weighted by molar-refractivity contribution is 4.94. The van der Waals surface area contributed by atoms with E-state index in [2.05, 4.69) is 46.8 Å². The standard InChI is InChI=1S/C9H18/c1-6-7-9(4,5)8(2)3/h6-8H,1-5H3. The van der Waals surface area contributed by atoms with E-state index in [1.165, 1.54) is 0 Å². The third-order valence-electron chi connectivity index (χ3n) is 2.08. The molecule has 0 aromatic heterocycles. The quantitative estimate of drug-likeness (QED) is 0.498. The second-order valence-electron chi connectivity index (χ2n) is 3.48. The van der Waals surface area contributed by atoms with Gasteiger partial charge in [0.2, 0.25) is 0 Å². The summed E-state index contributed by atoms with van der Waals surface area (Å²) < 4.78 is 0. The Labute approximate surface area is 59.0 Å². The minimum Gasteiger partial charge on any atom is -0.0911 e. The van der Waals surface area contributed by atoms with Gasteiger partial charge in [-0.05, 0) is 18.3 Å². The molecule has 0 atom stereocenters. The molecule has 0 aromatic carbocycles. The molecule has 54 valence electrons. The molecule has 0 nitrogen and oxygen atoms in total. The fourth-order valence-corrected chi connectivity index (χ4v) is 0.622. The van der Waals surface area contributed by atoms with Crippen molar-refractivity contribution in [3.63, 3.8) is 0 Å². The Balaban J connectivity index is 4.01. The third kappa shape index (κ3) is 2.69. The SMILES string of the molecule is CC=CC(C)(C)C(C)C. The monoisotopic (exact) mass is 126 g/mol. The van der Waals surface area contributed by atoms with Gasteiger partial charge >= 0.3 is 0 Å². The minimum absolute atomic E-state index is 0.370. The molecule has 0 aliphatic rings. The summed E-state index contributed by atoms with van der Waals surface area (Å²) in [7, 11) is 0. The molecule has 0 rings (SSSR count). The van der Waals surface area contributed by atoms with Crippen LogP contribution in [0.1, 0.15) is 34.6 Å². The Hall–Kier alpha value is -0.260. The van der Waals surface area contributed by atoms with Gasteiger partial charge in [-0.3, -0.25) is 0 Å². The second kappa shape index (κ2) is 3.05. The van der Waals surface area contributed by atoms with Crippen molar-refractivity contribution in [2.45, 2.75) is 34.6 Å². The fourth-order valence-electron chi connectivity index (χ4n) is 0.622. The highest BCUT2D eigenvalue weighted by Gasteiger charge is 2.17. The van der Waals surface area contributed by atoms with Gasteiger partial charge in [0.05, 0.1) is 0 Å². The van der Waals surface area contributed by atoms with Crippen LogP contribution in [0.5, 0.6) is 0 Å². The van der Waals surface area contributed by atoms with Crippen LogP contribution in [0.15, 0.2) is 12.2 Å². The summed E-state index contributed by atoms with van der Waals surface area (Å²) in [5, 5.41) is 0. The van der Waals surface area contributed by atoms with E-state index in [-0.39, 0.29) is 0 Å². The molecular weight excluding hydrogens is 108 g/mol. The predicted molar refractivity (Wildman–Crippen MR) is 43.4 cm³/mol. The van der Waals surface area contributed by atoms with Crippen molar-refractivity contribution >= 4 is 0 Å². The molecule has 0 saturated carbocycles. The lowest BCUT2D eigenvalue weighted by Gasteiger charge is -2.24. The molecule has 0 aromatic rings. The third-order valence-corrected chi connectivity index (χ3v) is 2.08. The molecule has 0 spiro atoms. The maximum atomic E-state index is 2.26. The molecule has 0 bridgehead atoms. The zero-order valence-electron chi connectivity index (χ0n) is 7.23. The minimum atomic E-state index is 0.370. The molecule has 0 fully saturated rings. The summed E-state index contributed by atoms with van der Waals surface area (Å²) in [6, 6.07) is 0. The maximum Gasteiger partial charge on any atom is -0.0152 e. The molecule has 0 aliphatic carbocycles. The van der Waals surface area contributed by atoms with Gasteiger partial charge in [0.25, 0.3) is 0 Å². The van der Waals surface area contributed by atoms with Gasteiger partial charge in [-0.1, -0.05) is 39.8 Å². The van der Waals surface area contributed by atoms with Crippen molar-refractivity contribution in [1.29, 1.82) is 0 Å².